The highest BCUT2D eigenvalue weighted by Gasteiger charge is 2.19. The molecule has 90 valence electrons. The molecule has 0 aliphatic carbocycles. The molecular weight excluding hydrogens is 208 g/mol. The third-order valence-corrected chi connectivity index (χ3v) is 2.81. The van der Waals surface area contributed by atoms with Crippen LogP contribution in [0.5, 0.6) is 0 Å². The Balaban J connectivity index is 1.88. The standard InChI is InChI=1S/C10H18N4O2/c1-2-13-3-4-16-10(6-13)7-14-5-9(8-15)11-12-14/h5,10,15H,2-4,6-8H2,1H3. The molecule has 16 heavy (non-hydrogen) atoms. The van der Waals surface area contributed by atoms with Gasteiger partial charge in [0.05, 0.1) is 32.1 Å². The van der Waals surface area contributed by atoms with Gasteiger partial charge in [0.15, 0.2) is 0 Å². The Bertz CT molecular complexity index is 328. The number of nitrogens with zero attached hydrogens (tertiary/aromatic N) is 4. The number of ether oxygens (including phenoxy) is 1. The smallest absolute Gasteiger partial charge is 0.108 e. The van der Waals surface area contributed by atoms with E-state index in [-0.39, 0.29) is 12.7 Å². The van der Waals surface area contributed by atoms with Crippen LogP contribution in [0, 0.1) is 0 Å². The zero-order valence-corrected chi connectivity index (χ0v) is 9.54. The maximum Gasteiger partial charge on any atom is 0.108 e. The van der Waals surface area contributed by atoms with Gasteiger partial charge in [-0.15, -0.1) is 5.10 Å². The SMILES string of the molecule is CCN1CCOC(Cn2cc(CO)nn2)C1. The van der Waals surface area contributed by atoms with E-state index in [1.165, 1.54) is 0 Å². The van der Waals surface area contributed by atoms with Crippen LogP contribution < -0.4 is 0 Å². The monoisotopic (exact) mass is 226 g/mol. The molecule has 1 fully saturated rings. The first-order chi connectivity index (χ1) is 7.81. The van der Waals surface area contributed by atoms with Crippen LogP contribution in [0.2, 0.25) is 0 Å². The third-order valence-electron chi connectivity index (χ3n) is 2.81. The van der Waals surface area contributed by atoms with Gasteiger partial charge in [-0.2, -0.15) is 0 Å². The average Bonchev–Trinajstić information content (AvgIpc) is 2.77. The summed E-state index contributed by atoms with van der Waals surface area (Å²) in [5, 5.41) is 16.7. The largest absolute Gasteiger partial charge is 0.390 e. The van der Waals surface area contributed by atoms with E-state index in [1.54, 1.807) is 10.9 Å². The molecule has 0 spiro atoms. The second kappa shape index (κ2) is 5.38. The van der Waals surface area contributed by atoms with Crippen molar-refractivity contribution in [2.45, 2.75) is 26.2 Å². The highest BCUT2D eigenvalue weighted by molar-refractivity contribution is 4.89. The van der Waals surface area contributed by atoms with E-state index in [4.69, 9.17) is 9.84 Å². The lowest BCUT2D eigenvalue weighted by atomic mass is 10.2. The summed E-state index contributed by atoms with van der Waals surface area (Å²) in [5.74, 6) is 0. The van der Waals surface area contributed by atoms with Gasteiger partial charge in [0, 0.05) is 13.1 Å². The number of aromatic nitrogens is 3. The van der Waals surface area contributed by atoms with Crippen molar-refractivity contribution in [1.29, 1.82) is 0 Å². The van der Waals surface area contributed by atoms with Gasteiger partial charge in [0.2, 0.25) is 0 Å². The summed E-state index contributed by atoms with van der Waals surface area (Å²) >= 11 is 0. The van der Waals surface area contributed by atoms with Gasteiger partial charge < -0.3 is 9.84 Å². The molecule has 0 saturated carbocycles. The Hall–Kier alpha value is -0.980. The highest BCUT2D eigenvalue weighted by atomic mass is 16.5. The summed E-state index contributed by atoms with van der Waals surface area (Å²) in [6.45, 7) is 6.56. The van der Waals surface area contributed by atoms with Gasteiger partial charge in [-0.3, -0.25) is 4.90 Å². The number of morpholine rings is 1. The summed E-state index contributed by atoms with van der Waals surface area (Å²) in [4.78, 5) is 2.36. The van der Waals surface area contributed by atoms with E-state index in [0.717, 1.165) is 26.2 Å². The Labute approximate surface area is 94.8 Å². The van der Waals surface area contributed by atoms with Crippen LogP contribution in [0.3, 0.4) is 0 Å². The molecule has 0 bridgehead atoms. The maximum atomic E-state index is 8.88. The first kappa shape index (κ1) is 11.5. The van der Waals surface area contributed by atoms with Crippen molar-refractivity contribution in [2.24, 2.45) is 0 Å². The van der Waals surface area contributed by atoms with E-state index in [9.17, 15) is 0 Å². The first-order valence-corrected chi connectivity index (χ1v) is 5.65. The molecule has 1 aliphatic rings. The molecule has 1 aliphatic heterocycles. The van der Waals surface area contributed by atoms with Crippen LogP contribution in [-0.4, -0.2) is 57.3 Å². The quantitative estimate of drug-likeness (QED) is 0.749. The van der Waals surface area contributed by atoms with E-state index in [2.05, 4.69) is 22.1 Å². The van der Waals surface area contributed by atoms with Crippen molar-refractivity contribution in [2.75, 3.05) is 26.2 Å². The number of hydrogen-bond donors (Lipinski definition) is 1. The molecule has 1 aromatic heterocycles. The minimum absolute atomic E-state index is 0.0629. The highest BCUT2D eigenvalue weighted by Crippen LogP contribution is 2.07. The summed E-state index contributed by atoms with van der Waals surface area (Å²) in [5.41, 5.74) is 0.600. The molecule has 1 N–H and O–H groups in total. The van der Waals surface area contributed by atoms with E-state index in [0.29, 0.717) is 12.2 Å². The van der Waals surface area contributed by atoms with Crippen molar-refractivity contribution in [3.8, 4) is 0 Å². The van der Waals surface area contributed by atoms with Crippen molar-refractivity contribution in [3.63, 3.8) is 0 Å². The molecule has 0 aromatic carbocycles. The fraction of sp³-hybridized carbons (Fsp3) is 0.800. The lowest BCUT2D eigenvalue weighted by Crippen LogP contribution is -2.44. The maximum absolute atomic E-state index is 8.88. The number of rotatable bonds is 4. The van der Waals surface area contributed by atoms with Crippen LogP contribution in [0.25, 0.3) is 0 Å². The zero-order chi connectivity index (χ0) is 11.4. The summed E-state index contributed by atoms with van der Waals surface area (Å²) in [6, 6.07) is 0. The van der Waals surface area contributed by atoms with Crippen molar-refractivity contribution >= 4 is 0 Å². The average molecular weight is 226 g/mol. The molecule has 1 atom stereocenters. The molecule has 1 unspecified atom stereocenters. The van der Waals surface area contributed by atoms with E-state index >= 15 is 0 Å². The van der Waals surface area contributed by atoms with E-state index < -0.39 is 0 Å². The summed E-state index contributed by atoms with van der Waals surface area (Å²) in [6.07, 6.45) is 1.93. The van der Waals surface area contributed by atoms with E-state index in [1.807, 2.05) is 0 Å². The van der Waals surface area contributed by atoms with Gasteiger partial charge >= 0.3 is 0 Å². The fourth-order valence-electron chi connectivity index (χ4n) is 1.89. The number of hydrogen-bond acceptors (Lipinski definition) is 5. The van der Waals surface area contributed by atoms with Gasteiger partial charge in [-0.05, 0) is 6.54 Å². The lowest BCUT2D eigenvalue weighted by molar-refractivity contribution is -0.0360. The van der Waals surface area contributed by atoms with Crippen molar-refractivity contribution < 1.29 is 9.84 Å². The zero-order valence-electron chi connectivity index (χ0n) is 9.54. The van der Waals surface area contributed by atoms with Gasteiger partial charge in [0.25, 0.3) is 0 Å². The molecule has 2 heterocycles. The topological polar surface area (TPSA) is 63.4 Å². The Kier molecular flexibility index (Phi) is 3.87. The second-order valence-electron chi connectivity index (χ2n) is 3.98. The second-order valence-corrected chi connectivity index (χ2v) is 3.98. The summed E-state index contributed by atoms with van der Waals surface area (Å²) in [7, 11) is 0. The predicted molar refractivity (Wildman–Crippen MR) is 57.8 cm³/mol. The Morgan fingerprint density at radius 3 is 3.19 bits per heavy atom. The number of aliphatic hydroxyl groups is 1. The predicted octanol–water partition coefficient (Wildman–Crippen LogP) is -0.509. The Morgan fingerprint density at radius 2 is 2.50 bits per heavy atom. The first-order valence-electron chi connectivity index (χ1n) is 5.65. The van der Waals surface area contributed by atoms with Crippen LogP contribution in [0.4, 0.5) is 0 Å². The molecule has 6 nitrogen and oxygen atoms in total. The number of aliphatic hydroxyl groups excluding tert-OH is 1. The van der Waals surface area contributed by atoms with Crippen LogP contribution in [0.1, 0.15) is 12.6 Å². The minimum Gasteiger partial charge on any atom is -0.390 e. The van der Waals surface area contributed by atoms with Crippen molar-refractivity contribution in [1.82, 2.24) is 19.9 Å². The van der Waals surface area contributed by atoms with Gasteiger partial charge in [-0.25, -0.2) is 4.68 Å². The van der Waals surface area contributed by atoms with Crippen LogP contribution >= 0.6 is 0 Å². The molecule has 2 rings (SSSR count). The molecular formula is C10H18N4O2. The number of likely N-dealkylation sites (N-methyl/N-ethyl adjacent to an activating group) is 1. The Morgan fingerprint density at radius 1 is 1.62 bits per heavy atom. The molecule has 0 amide bonds. The fourth-order valence-corrected chi connectivity index (χ4v) is 1.89. The minimum atomic E-state index is -0.0629. The molecule has 1 saturated heterocycles. The molecule has 0 radical (unpaired) electrons. The van der Waals surface area contributed by atoms with Crippen LogP contribution in [0.15, 0.2) is 6.20 Å². The molecule has 1 aromatic rings. The van der Waals surface area contributed by atoms with Crippen LogP contribution in [-0.2, 0) is 17.9 Å². The molecule has 6 heteroatoms. The van der Waals surface area contributed by atoms with Gasteiger partial charge in [0.1, 0.15) is 5.69 Å². The summed E-state index contributed by atoms with van der Waals surface area (Å²) < 4.78 is 7.40. The van der Waals surface area contributed by atoms with Crippen molar-refractivity contribution in [3.05, 3.63) is 11.9 Å². The third kappa shape index (κ3) is 2.78. The lowest BCUT2D eigenvalue weighted by Gasteiger charge is -2.31. The van der Waals surface area contributed by atoms with Gasteiger partial charge in [-0.1, -0.05) is 12.1 Å². The normalized spacial score (nSPS) is 22.5.